The normalized spacial score (nSPS) is 12.5. The molecule has 1 atom stereocenters. The molecule has 2 aromatic rings. The Labute approximate surface area is 110 Å². The van der Waals surface area contributed by atoms with Gasteiger partial charge in [0.1, 0.15) is 11.6 Å². The minimum absolute atomic E-state index is 0.285. The van der Waals surface area contributed by atoms with Crippen molar-refractivity contribution in [2.75, 3.05) is 0 Å². The van der Waals surface area contributed by atoms with E-state index in [0.717, 1.165) is 5.56 Å². The molecule has 0 amide bonds. The number of hydrogen-bond acceptors (Lipinski definition) is 0. The Morgan fingerprint density at radius 3 is 2.28 bits per heavy atom. The zero-order chi connectivity index (χ0) is 13.3. The first-order valence-electron chi connectivity index (χ1n) is 5.65. The average molecular weight is 267 g/mol. The number of halogens is 3. The van der Waals surface area contributed by atoms with Crippen molar-refractivity contribution in [1.82, 2.24) is 0 Å². The highest BCUT2D eigenvalue weighted by Gasteiger charge is 2.16. The van der Waals surface area contributed by atoms with Crippen molar-refractivity contribution >= 4 is 11.6 Å². The van der Waals surface area contributed by atoms with E-state index in [-0.39, 0.29) is 11.6 Å². The van der Waals surface area contributed by atoms with E-state index in [4.69, 9.17) is 11.6 Å². The minimum atomic E-state index is -0.607. The molecule has 0 spiro atoms. The zero-order valence-electron chi connectivity index (χ0n) is 10.2. The van der Waals surface area contributed by atoms with Crippen LogP contribution in [0.2, 0.25) is 0 Å². The van der Waals surface area contributed by atoms with Crippen LogP contribution in [0.3, 0.4) is 0 Å². The van der Waals surface area contributed by atoms with E-state index < -0.39 is 5.38 Å². The van der Waals surface area contributed by atoms with Crippen molar-refractivity contribution in [2.24, 2.45) is 0 Å². The largest absolute Gasteiger partial charge is 0.207 e. The lowest BCUT2D eigenvalue weighted by atomic mass is 10.0. The van der Waals surface area contributed by atoms with Gasteiger partial charge in [-0.1, -0.05) is 24.3 Å². The molecule has 0 aliphatic rings. The monoisotopic (exact) mass is 266 g/mol. The third-order valence-electron chi connectivity index (χ3n) is 2.90. The van der Waals surface area contributed by atoms with E-state index in [1.165, 1.54) is 12.1 Å². The van der Waals surface area contributed by atoms with Gasteiger partial charge in [0.15, 0.2) is 0 Å². The van der Waals surface area contributed by atoms with Gasteiger partial charge in [-0.2, -0.15) is 0 Å². The van der Waals surface area contributed by atoms with Gasteiger partial charge in [-0.25, -0.2) is 8.78 Å². The molecule has 2 rings (SSSR count). The summed E-state index contributed by atoms with van der Waals surface area (Å²) < 4.78 is 27.0. The minimum Gasteiger partial charge on any atom is -0.207 e. The van der Waals surface area contributed by atoms with E-state index in [9.17, 15) is 8.78 Å². The number of benzene rings is 2. The van der Waals surface area contributed by atoms with Crippen LogP contribution in [-0.2, 0) is 0 Å². The summed E-state index contributed by atoms with van der Waals surface area (Å²) >= 11 is 6.25. The molecular weight excluding hydrogens is 254 g/mol. The van der Waals surface area contributed by atoms with Crippen molar-refractivity contribution in [3.63, 3.8) is 0 Å². The predicted molar refractivity (Wildman–Crippen MR) is 70.0 cm³/mol. The van der Waals surface area contributed by atoms with Crippen LogP contribution in [0.5, 0.6) is 0 Å². The van der Waals surface area contributed by atoms with Gasteiger partial charge in [0.2, 0.25) is 0 Å². The lowest BCUT2D eigenvalue weighted by molar-refractivity contribution is 0.609. The van der Waals surface area contributed by atoms with Crippen LogP contribution in [0, 0.1) is 25.5 Å². The molecule has 0 radical (unpaired) electrons. The van der Waals surface area contributed by atoms with Crippen LogP contribution in [0.1, 0.15) is 27.6 Å². The van der Waals surface area contributed by atoms with Gasteiger partial charge < -0.3 is 0 Å². The molecule has 0 saturated carbocycles. The van der Waals surface area contributed by atoms with Crippen LogP contribution in [0.25, 0.3) is 0 Å². The molecule has 0 aromatic heterocycles. The molecule has 0 aliphatic carbocycles. The van der Waals surface area contributed by atoms with E-state index >= 15 is 0 Å². The van der Waals surface area contributed by atoms with Crippen LogP contribution < -0.4 is 0 Å². The Morgan fingerprint density at radius 2 is 1.67 bits per heavy atom. The van der Waals surface area contributed by atoms with Crippen LogP contribution >= 0.6 is 11.6 Å². The molecule has 0 N–H and O–H groups in total. The SMILES string of the molecule is Cc1ccc(C(Cl)c2ccc(F)c(C)c2)c(F)c1. The Morgan fingerprint density at radius 1 is 0.944 bits per heavy atom. The fourth-order valence-electron chi connectivity index (χ4n) is 1.84. The van der Waals surface area contributed by atoms with Gasteiger partial charge >= 0.3 is 0 Å². The molecule has 18 heavy (non-hydrogen) atoms. The highest BCUT2D eigenvalue weighted by Crippen LogP contribution is 2.31. The molecule has 2 aromatic carbocycles. The molecule has 0 heterocycles. The summed E-state index contributed by atoms with van der Waals surface area (Å²) in [6.07, 6.45) is 0. The average Bonchev–Trinajstić information content (AvgIpc) is 2.32. The van der Waals surface area contributed by atoms with Crippen LogP contribution in [0.4, 0.5) is 8.78 Å². The Balaban J connectivity index is 2.41. The van der Waals surface area contributed by atoms with Crippen molar-refractivity contribution in [3.8, 4) is 0 Å². The molecule has 0 bridgehead atoms. The molecular formula is C15H13ClF2. The van der Waals surface area contributed by atoms with Gasteiger partial charge in [-0.3, -0.25) is 0 Å². The molecule has 0 fully saturated rings. The maximum absolute atomic E-state index is 13.8. The summed E-state index contributed by atoms with van der Waals surface area (Å²) in [6, 6.07) is 9.50. The molecule has 1 unspecified atom stereocenters. The number of alkyl halides is 1. The van der Waals surface area contributed by atoms with E-state index in [2.05, 4.69) is 0 Å². The first kappa shape index (κ1) is 13.0. The van der Waals surface area contributed by atoms with Gasteiger partial charge in [0, 0.05) is 5.56 Å². The van der Waals surface area contributed by atoms with Crippen molar-refractivity contribution in [2.45, 2.75) is 19.2 Å². The number of rotatable bonds is 2. The Hall–Kier alpha value is -1.41. The van der Waals surface area contributed by atoms with E-state index in [0.29, 0.717) is 16.7 Å². The molecule has 94 valence electrons. The van der Waals surface area contributed by atoms with Crippen LogP contribution in [-0.4, -0.2) is 0 Å². The second-order valence-electron chi connectivity index (χ2n) is 4.40. The molecule has 3 heteroatoms. The van der Waals surface area contributed by atoms with Gasteiger partial charge in [0.25, 0.3) is 0 Å². The fraction of sp³-hybridized carbons (Fsp3) is 0.200. The summed E-state index contributed by atoms with van der Waals surface area (Å²) in [5.41, 5.74) is 2.45. The van der Waals surface area contributed by atoms with Crippen molar-refractivity contribution < 1.29 is 8.78 Å². The predicted octanol–water partition coefficient (Wildman–Crippen LogP) is 4.91. The molecule has 0 nitrogen and oxygen atoms in total. The van der Waals surface area contributed by atoms with E-state index in [1.54, 1.807) is 25.1 Å². The second kappa shape index (κ2) is 5.07. The number of aryl methyl sites for hydroxylation is 2. The third kappa shape index (κ3) is 2.54. The van der Waals surface area contributed by atoms with Gasteiger partial charge in [-0.05, 0) is 42.7 Å². The lowest BCUT2D eigenvalue weighted by Crippen LogP contribution is -1.98. The highest BCUT2D eigenvalue weighted by molar-refractivity contribution is 6.22. The summed E-state index contributed by atoms with van der Waals surface area (Å²) in [5.74, 6) is -0.621. The topological polar surface area (TPSA) is 0 Å². The molecule has 0 aliphatic heterocycles. The lowest BCUT2D eigenvalue weighted by Gasteiger charge is -2.13. The number of hydrogen-bond donors (Lipinski definition) is 0. The first-order valence-corrected chi connectivity index (χ1v) is 6.09. The van der Waals surface area contributed by atoms with Crippen LogP contribution in [0.15, 0.2) is 36.4 Å². The van der Waals surface area contributed by atoms with Crippen molar-refractivity contribution in [3.05, 3.63) is 70.3 Å². The van der Waals surface area contributed by atoms with Crippen molar-refractivity contribution in [1.29, 1.82) is 0 Å². The van der Waals surface area contributed by atoms with Gasteiger partial charge in [-0.15, -0.1) is 11.6 Å². The summed E-state index contributed by atoms with van der Waals surface area (Å²) in [4.78, 5) is 0. The fourth-order valence-corrected chi connectivity index (χ4v) is 2.16. The Kier molecular flexibility index (Phi) is 3.67. The maximum atomic E-state index is 13.8. The maximum Gasteiger partial charge on any atom is 0.128 e. The smallest absolute Gasteiger partial charge is 0.128 e. The molecule has 0 saturated heterocycles. The Bertz CT molecular complexity index is 579. The highest BCUT2D eigenvalue weighted by atomic mass is 35.5. The summed E-state index contributed by atoms with van der Waals surface area (Å²) in [7, 11) is 0. The third-order valence-corrected chi connectivity index (χ3v) is 3.39. The zero-order valence-corrected chi connectivity index (χ0v) is 10.9. The summed E-state index contributed by atoms with van der Waals surface area (Å²) in [6.45, 7) is 3.48. The van der Waals surface area contributed by atoms with E-state index in [1.807, 2.05) is 13.0 Å². The van der Waals surface area contributed by atoms with Gasteiger partial charge in [0.05, 0.1) is 5.38 Å². The quantitative estimate of drug-likeness (QED) is 0.678. The summed E-state index contributed by atoms with van der Waals surface area (Å²) in [5, 5.41) is -0.607. The second-order valence-corrected chi connectivity index (χ2v) is 4.83. The standard InChI is InChI=1S/C15H13ClF2/c1-9-3-5-12(14(18)7-9)15(16)11-4-6-13(17)10(2)8-11/h3-8,15H,1-2H3. The first-order chi connectivity index (χ1) is 8.49.